The Labute approximate surface area is 107 Å². The predicted octanol–water partition coefficient (Wildman–Crippen LogP) is 3.11. The Morgan fingerprint density at radius 3 is 2.78 bits per heavy atom. The van der Waals surface area contributed by atoms with Crippen LogP contribution in [-0.2, 0) is 13.7 Å². The second-order valence-corrected chi connectivity index (χ2v) is 5.35. The van der Waals surface area contributed by atoms with E-state index in [1.807, 2.05) is 12.1 Å². The average molecular weight is 244 g/mol. The van der Waals surface area contributed by atoms with Gasteiger partial charge in [0.1, 0.15) is 5.82 Å². The zero-order chi connectivity index (χ0) is 12.5. The second-order valence-electron chi connectivity index (χ2n) is 5.35. The Morgan fingerprint density at radius 2 is 2.06 bits per heavy atom. The summed E-state index contributed by atoms with van der Waals surface area (Å²) in [6.45, 7) is 0.0886. The van der Waals surface area contributed by atoms with E-state index in [4.69, 9.17) is 4.98 Å². The monoisotopic (exact) mass is 244 g/mol. The van der Waals surface area contributed by atoms with Crippen molar-refractivity contribution in [2.45, 2.75) is 44.6 Å². The molecule has 0 atom stereocenters. The van der Waals surface area contributed by atoms with Crippen LogP contribution in [0.3, 0.4) is 0 Å². The van der Waals surface area contributed by atoms with Gasteiger partial charge in [0.05, 0.1) is 17.6 Å². The lowest BCUT2D eigenvalue weighted by molar-refractivity contribution is 0.282. The molecule has 1 aromatic carbocycles. The first-order chi connectivity index (χ1) is 8.79. The minimum atomic E-state index is 0.0886. The third-order valence-electron chi connectivity index (χ3n) is 4.13. The third kappa shape index (κ3) is 1.93. The Hall–Kier alpha value is -1.35. The average Bonchev–Trinajstić information content (AvgIpc) is 2.76. The molecule has 3 nitrogen and oxygen atoms in total. The van der Waals surface area contributed by atoms with Crippen LogP contribution >= 0.6 is 0 Å². The highest BCUT2D eigenvalue weighted by Gasteiger charge is 2.20. The number of imidazole rings is 1. The molecule has 1 aromatic heterocycles. The Balaban J connectivity index is 2.04. The SMILES string of the molecule is Cn1c(C2CCCCC2)nc2cc(CO)ccc21. The lowest BCUT2D eigenvalue weighted by Crippen LogP contribution is -2.09. The molecule has 0 spiro atoms. The summed E-state index contributed by atoms with van der Waals surface area (Å²) < 4.78 is 2.23. The highest BCUT2D eigenvalue weighted by Crippen LogP contribution is 2.33. The van der Waals surface area contributed by atoms with Gasteiger partial charge < -0.3 is 9.67 Å². The molecule has 1 N–H and O–H groups in total. The van der Waals surface area contributed by atoms with Gasteiger partial charge in [-0.3, -0.25) is 0 Å². The first-order valence-electron chi connectivity index (χ1n) is 6.85. The predicted molar refractivity (Wildman–Crippen MR) is 72.5 cm³/mol. The molecule has 96 valence electrons. The van der Waals surface area contributed by atoms with Crippen molar-refractivity contribution < 1.29 is 5.11 Å². The van der Waals surface area contributed by atoms with Gasteiger partial charge in [-0.1, -0.05) is 25.3 Å². The molecule has 0 aliphatic heterocycles. The summed E-state index contributed by atoms with van der Waals surface area (Å²) in [7, 11) is 2.11. The number of aliphatic hydroxyl groups excluding tert-OH is 1. The fraction of sp³-hybridized carbons (Fsp3) is 0.533. The van der Waals surface area contributed by atoms with Crippen LogP contribution in [0.4, 0.5) is 0 Å². The van der Waals surface area contributed by atoms with Crippen molar-refractivity contribution in [3.05, 3.63) is 29.6 Å². The molecular weight excluding hydrogens is 224 g/mol. The van der Waals surface area contributed by atoms with Crippen molar-refractivity contribution in [2.75, 3.05) is 0 Å². The van der Waals surface area contributed by atoms with Gasteiger partial charge >= 0.3 is 0 Å². The van der Waals surface area contributed by atoms with Crippen LogP contribution in [0.15, 0.2) is 18.2 Å². The molecule has 1 aliphatic rings. The molecule has 1 heterocycles. The van der Waals surface area contributed by atoms with Crippen molar-refractivity contribution in [3.8, 4) is 0 Å². The normalized spacial score (nSPS) is 17.4. The molecule has 0 unspecified atom stereocenters. The van der Waals surface area contributed by atoms with Crippen LogP contribution in [0.25, 0.3) is 11.0 Å². The fourth-order valence-corrected chi connectivity index (χ4v) is 3.09. The first kappa shape index (κ1) is 11.7. The zero-order valence-electron chi connectivity index (χ0n) is 10.9. The maximum atomic E-state index is 9.19. The summed E-state index contributed by atoms with van der Waals surface area (Å²) in [5.41, 5.74) is 3.13. The number of aryl methyl sites for hydroxylation is 1. The van der Waals surface area contributed by atoms with Crippen LogP contribution in [0, 0.1) is 0 Å². The number of hydrogen-bond acceptors (Lipinski definition) is 2. The zero-order valence-corrected chi connectivity index (χ0v) is 10.9. The Kier molecular flexibility index (Phi) is 3.08. The van der Waals surface area contributed by atoms with Gasteiger partial charge in [0.15, 0.2) is 0 Å². The number of fused-ring (bicyclic) bond motifs is 1. The molecular formula is C15H20N2O. The summed E-state index contributed by atoms with van der Waals surface area (Å²) in [6.07, 6.45) is 6.56. The van der Waals surface area contributed by atoms with Crippen LogP contribution in [0.1, 0.15) is 49.4 Å². The number of nitrogens with zero attached hydrogens (tertiary/aromatic N) is 2. The molecule has 1 aliphatic carbocycles. The summed E-state index contributed by atoms with van der Waals surface area (Å²) in [4.78, 5) is 4.80. The molecule has 0 saturated heterocycles. The van der Waals surface area contributed by atoms with Crippen LogP contribution in [0.5, 0.6) is 0 Å². The number of aliphatic hydroxyl groups is 1. The molecule has 3 rings (SSSR count). The van der Waals surface area contributed by atoms with Gasteiger partial charge in [-0.05, 0) is 30.5 Å². The number of benzene rings is 1. The lowest BCUT2D eigenvalue weighted by atomic mass is 9.89. The van der Waals surface area contributed by atoms with Gasteiger partial charge in [-0.15, -0.1) is 0 Å². The minimum absolute atomic E-state index is 0.0886. The van der Waals surface area contributed by atoms with E-state index in [0.717, 1.165) is 11.1 Å². The summed E-state index contributed by atoms with van der Waals surface area (Å²) in [5, 5.41) is 9.19. The van der Waals surface area contributed by atoms with E-state index in [-0.39, 0.29) is 6.61 Å². The van der Waals surface area contributed by atoms with E-state index in [1.165, 1.54) is 43.4 Å². The quantitative estimate of drug-likeness (QED) is 0.881. The third-order valence-corrected chi connectivity index (χ3v) is 4.13. The number of hydrogen-bond donors (Lipinski definition) is 1. The Bertz CT molecular complexity index is 553. The lowest BCUT2D eigenvalue weighted by Gasteiger charge is -2.20. The van der Waals surface area contributed by atoms with E-state index in [2.05, 4.69) is 17.7 Å². The first-order valence-corrected chi connectivity index (χ1v) is 6.85. The topological polar surface area (TPSA) is 38.0 Å². The van der Waals surface area contributed by atoms with E-state index >= 15 is 0 Å². The highest BCUT2D eigenvalue weighted by molar-refractivity contribution is 5.77. The number of aromatic nitrogens is 2. The van der Waals surface area contributed by atoms with Crippen molar-refractivity contribution in [1.82, 2.24) is 9.55 Å². The highest BCUT2D eigenvalue weighted by atomic mass is 16.3. The molecule has 0 amide bonds. The van der Waals surface area contributed by atoms with E-state index < -0.39 is 0 Å². The summed E-state index contributed by atoms with van der Waals surface area (Å²) in [6, 6.07) is 6.05. The molecule has 1 saturated carbocycles. The van der Waals surface area contributed by atoms with Gasteiger partial charge in [-0.2, -0.15) is 0 Å². The molecule has 0 radical (unpaired) electrons. The van der Waals surface area contributed by atoms with Gasteiger partial charge in [0.2, 0.25) is 0 Å². The van der Waals surface area contributed by atoms with Crippen LogP contribution in [-0.4, -0.2) is 14.7 Å². The molecule has 18 heavy (non-hydrogen) atoms. The molecule has 0 bridgehead atoms. The second kappa shape index (κ2) is 4.73. The van der Waals surface area contributed by atoms with Crippen molar-refractivity contribution >= 4 is 11.0 Å². The molecule has 3 heteroatoms. The van der Waals surface area contributed by atoms with Crippen molar-refractivity contribution in [3.63, 3.8) is 0 Å². The smallest absolute Gasteiger partial charge is 0.112 e. The minimum Gasteiger partial charge on any atom is -0.392 e. The largest absolute Gasteiger partial charge is 0.392 e. The van der Waals surface area contributed by atoms with Gasteiger partial charge in [0.25, 0.3) is 0 Å². The fourth-order valence-electron chi connectivity index (χ4n) is 3.09. The van der Waals surface area contributed by atoms with Crippen LogP contribution in [0.2, 0.25) is 0 Å². The molecule has 1 fully saturated rings. The summed E-state index contributed by atoms with van der Waals surface area (Å²) >= 11 is 0. The van der Waals surface area contributed by atoms with Crippen molar-refractivity contribution in [1.29, 1.82) is 0 Å². The van der Waals surface area contributed by atoms with E-state index in [9.17, 15) is 5.11 Å². The van der Waals surface area contributed by atoms with Gasteiger partial charge in [0, 0.05) is 13.0 Å². The van der Waals surface area contributed by atoms with Crippen LogP contribution < -0.4 is 0 Å². The van der Waals surface area contributed by atoms with Crippen molar-refractivity contribution in [2.24, 2.45) is 7.05 Å². The molecule has 2 aromatic rings. The standard InChI is InChI=1S/C15H20N2O/c1-17-14-8-7-11(10-18)9-13(14)16-15(17)12-5-3-2-4-6-12/h7-9,12,18H,2-6,10H2,1H3. The summed E-state index contributed by atoms with van der Waals surface area (Å²) in [5.74, 6) is 1.84. The number of rotatable bonds is 2. The maximum absolute atomic E-state index is 9.19. The maximum Gasteiger partial charge on any atom is 0.112 e. The van der Waals surface area contributed by atoms with E-state index in [0.29, 0.717) is 5.92 Å². The van der Waals surface area contributed by atoms with Gasteiger partial charge in [-0.25, -0.2) is 4.98 Å². The Morgan fingerprint density at radius 1 is 1.28 bits per heavy atom. The van der Waals surface area contributed by atoms with E-state index in [1.54, 1.807) is 0 Å².